The van der Waals surface area contributed by atoms with Crippen molar-refractivity contribution in [3.8, 4) is 0 Å². The first-order valence-electron chi connectivity index (χ1n) is 15.1. The van der Waals surface area contributed by atoms with Crippen LogP contribution in [-0.4, -0.2) is 86.2 Å². The molecule has 3 unspecified atom stereocenters. The van der Waals surface area contributed by atoms with Gasteiger partial charge in [-0.3, -0.25) is 9.59 Å². The standard InChI is InChI=1S/C26H43N5O4.C5H12/c1-26(2,3)25-29-16-21(23(30-25)28-9-7-11-34-4)22(32)13-18-12-19(15-27-14-18)24(33)31-10-6-8-20(31)17-35-5;1-4-5(2)3/h16,18-20,27H,6-15,17H2,1-5H3,(H,28,29,30);5H,4H2,1-3H3. The van der Waals surface area contributed by atoms with Gasteiger partial charge in [0.05, 0.1) is 24.1 Å². The third-order valence-electron chi connectivity index (χ3n) is 7.68. The molecule has 2 saturated heterocycles. The van der Waals surface area contributed by atoms with Crippen LogP contribution < -0.4 is 10.6 Å². The zero-order valence-electron chi connectivity index (χ0n) is 26.3. The number of amides is 1. The number of aromatic nitrogens is 2. The van der Waals surface area contributed by atoms with Crippen LogP contribution in [0.2, 0.25) is 0 Å². The molecule has 2 aliphatic heterocycles. The SMILES string of the molecule is CCC(C)C.COCCCNc1nc(C(C)(C)C)ncc1C(=O)CC1CNCC(C(=O)N2CCCC2COC)C1. The summed E-state index contributed by atoms with van der Waals surface area (Å²) in [6, 6.07) is 0.166. The van der Waals surface area contributed by atoms with Crippen molar-refractivity contribution in [3.63, 3.8) is 0 Å². The highest BCUT2D eigenvalue weighted by Crippen LogP contribution is 2.28. The van der Waals surface area contributed by atoms with Crippen LogP contribution in [0.3, 0.4) is 0 Å². The van der Waals surface area contributed by atoms with E-state index in [0.29, 0.717) is 56.4 Å². The molecule has 2 N–H and O–H groups in total. The summed E-state index contributed by atoms with van der Waals surface area (Å²) in [6.07, 6.45) is 6.87. The Balaban J connectivity index is 0.00000103. The van der Waals surface area contributed by atoms with Gasteiger partial charge >= 0.3 is 0 Å². The molecule has 228 valence electrons. The second kappa shape index (κ2) is 17.0. The van der Waals surface area contributed by atoms with E-state index in [1.165, 1.54) is 6.42 Å². The maximum Gasteiger partial charge on any atom is 0.227 e. The smallest absolute Gasteiger partial charge is 0.227 e. The van der Waals surface area contributed by atoms with Crippen LogP contribution in [0.5, 0.6) is 0 Å². The van der Waals surface area contributed by atoms with E-state index in [1.807, 2.05) is 4.90 Å². The van der Waals surface area contributed by atoms with E-state index in [-0.39, 0.29) is 35.0 Å². The average molecular weight is 562 g/mol. The van der Waals surface area contributed by atoms with Crippen molar-refractivity contribution >= 4 is 17.5 Å². The number of rotatable bonds is 12. The Morgan fingerprint density at radius 2 is 1.93 bits per heavy atom. The lowest BCUT2D eigenvalue weighted by atomic mass is 9.85. The summed E-state index contributed by atoms with van der Waals surface area (Å²) < 4.78 is 10.5. The average Bonchev–Trinajstić information content (AvgIpc) is 3.39. The molecule has 0 aromatic carbocycles. The van der Waals surface area contributed by atoms with Crippen LogP contribution >= 0.6 is 0 Å². The van der Waals surface area contributed by atoms with E-state index >= 15 is 0 Å². The molecule has 40 heavy (non-hydrogen) atoms. The fourth-order valence-corrected chi connectivity index (χ4v) is 4.98. The van der Waals surface area contributed by atoms with Crippen molar-refractivity contribution in [2.24, 2.45) is 17.8 Å². The number of methoxy groups -OCH3 is 2. The Labute approximate surface area is 242 Å². The minimum absolute atomic E-state index is 0.0121. The number of likely N-dealkylation sites (tertiary alicyclic amines) is 1. The Kier molecular flexibility index (Phi) is 14.5. The molecule has 2 fully saturated rings. The lowest BCUT2D eigenvalue weighted by Gasteiger charge is -2.33. The summed E-state index contributed by atoms with van der Waals surface area (Å²) in [6.45, 7) is 16.9. The van der Waals surface area contributed by atoms with Crippen LogP contribution in [0.25, 0.3) is 0 Å². The summed E-state index contributed by atoms with van der Waals surface area (Å²) in [5, 5.41) is 6.71. The van der Waals surface area contributed by atoms with Crippen molar-refractivity contribution in [2.45, 2.75) is 91.5 Å². The zero-order chi connectivity index (χ0) is 29.7. The molecule has 1 aromatic rings. The molecule has 9 heteroatoms. The number of anilines is 1. The first-order chi connectivity index (χ1) is 19.0. The summed E-state index contributed by atoms with van der Waals surface area (Å²) >= 11 is 0. The highest BCUT2D eigenvalue weighted by molar-refractivity contribution is 6.00. The van der Waals surface area contributed by atoms with Crippen LogP contribution in [-0.2, 0) is 19.7 Å². The van der Waals surface area contributed by atoms with E-state index in [9.17, 15) is 9.59 Å². The number of carbonyl (C=O) groups is 2. The molecule has 1 amide bonds. The van der Waals surface area contributed by atoms with Gasteiger partial charge in [-0.25, -0.2) is 9.97 Å². The first kappa shape index (κ1) is 34.1. The largest absolute Gasteiger partial charge is 0.385 e. The van der Waals surface area contributed by atoms with E-state index < -0.39 is 0 Å². The van der Waals surface area contributed by atoms with Gasteiger partial charge in [-0.05, 0) is 44.1 Å². The predicted octanol–water partition coefficient (Wildman–Crippen LogP) is 4.71. The quantitative estimate of drug-likeness (QED) is 0.279. The normalized spacial score (nSPS) is 21.2. The Hall–Kier alpha value is -2.10. The van der Waals surface area contributed by atoms with E-state index in [0.717, 1.165) is 38.3 Å². The number of ketones is 1. The van der Waals surface area contributed by atoms with Crippen molar-refractivity contribution in [3.05, 3.63) is 17.6 Å². The van der Waals surface area contributed by atoms with Gasteiger partial charge in [0.2, 0.25) is 5.91 Å². The topological polar surface area (TPSA) is 106 Å². The molecule has 9 nitrogen and oxygen atoms in total. The van der Waals surface area contributed by atoms with Crippen LogP contribution in [0.1, 0.15) is 96.2 Å². The molecule has 0 bridgehead atoms. The maximum atomic E-state index is 13.4. The predicted molar refractivity (Wildman–Crippen MR) is 161 cm³/mol. The van der Waals surface area contributed by atoms with Crippen molar-refractivity contribution < 1.29 is 19.1 Å². The number of hydrogen-bond donors (Lipinski definition) is 2. The van der Waals surface area contributed by atoms with Crippen LogP contribution in [0.4, 0.5) is 5.82 Å². The number of Topliss-reactive ketones (excluding diaryl/α,β-unsaturated/α-hetero) is 1. The van der Waals surface area contributed by atoms with Gasteiger partial charge in [-0.1, -0.05) is 48.0 Å². The molecule has 0 saturated carbocycles. The molecule has 0 aliphatic carbocycles. The third kappa shape index (κ3) is 10.7. The van der Waals surface area contributed by atoms with Gasteiger partial charge in [0, 0.05) is 58.5 Å². The van der Waals surface area contributed by atoms with Gasteiger partial charge in [0.15, 0.2) is 5.78 Å². The number of hydrogen-bond acceptors (Lipinski definition) is 8. The minimum atomic E-state index is -0.221. The van der Waals surface area contributed by atoms with Crippen LogP contribution in [0, 0.1) is 17.8 Å². The van der Waals surface area contributed by atoms with Gasteiger partial charge in [-0.2, -0.15) is 0 Å². The molecule has 1 aromatic heterocycles. The molecule has 2 aliphatic rings. The van der Waals surface area contributed by atoms with Crippen molar-refractivity contribution in [1.82, 2.24) is 20.2 Å². The monoisotopic (exact) mass is 561 g/mol. The second-order valence-corrected chi connectivity index (χ2v) is 12.6. The van der Waals surface area contributed by atoms with Gasteiger partial charge in [0.1, 0.15) is 11.6 Å². The first-order valence-corrected chi connectivity index (χ1v) is 15.1. The minimum Gasteiger partial charge on any atom is -0.385 e. The highest BCUT2D eigenvalue weighted by atomic mass is 16.5. The Bertz CT molecular complexity index is 917. The number of nitrogens with one attached hydrogen (secondary N) is 2. The highest BCUT2D eigenvalue weighted by Gasteiger charge is 2.36. The molecule has 0 radical (unpaired) electrons. The molecule has 3 rings (SSSR count). The van der Waals surface area contributed by atoms with Gasteiger partial charge in [-0.15, -0.1) is 0 Å². The van der Waals surface area contributed by atoms with Crippen molar-refractivity contribution in [1.29, 1.82) is 0 Å². The van der Waals surface area contributed by atoms with Crippen LogP contribution in [0.15, 0.2) is 6.20 Å². The number of nitrogens with zero attached hydrogens (tertiary/aromatic N) is 3. The fourth-order valence-electron chi connectivity index (χ4n) is 4.98. The molecular weight excluding hydrogens is 506 g/mol. The lowest BCUT2D eigenvalue weighted by molar-refractivity contribution is -0.138. The fraction of sp³-hybridized carbons (Fsp3) is 0.806. The summed E-state index contributed by atoms with van der Waals surface area (Å²) in [4.78, 5) is 37.8. The lowest BCUT2D eigenvalue weighted by Crippen LogP contribution is -2.48. The number of carbonyl (C=O) groups excluding carboxylic acids is 2. The third-order valence-corrected chi connectivity index (χ3v) is 7.68. The molecule has 3 heterocycles. The van der Waals surface area contributed by atoms with E-state index in [1.54, 1.807) is 20.4 Å². The summed E-state index contributed by atoms with van der Waals surface area (Å²) in [5.41, 5.74) is 0.297. The van der Waals surface area contributed by atoms with E-state index in [2.05, 4.69) is 57.2 Å². The Morgan fingerprint density at radius 1 is 1.20 bits per heavy atom. The second-order valence-electron chi connectivity index (χ2n) is 12.6. The molecule has 3 atom stereocenters. The van der Waals surface area contributed by atoms with Gasteiger partial charge in [0.25, 0.3) is 0 Å². The van der Waals surface area contributed by atoms with Gasteiger partial charge < -0.3 is 25.0 Å². The molecule has 0 spiro atoms. The number of piperidine rings is 1. The molecular formula is C31H55N5O4. The van der Waals surface area contributed by atoms with E-state index in [4.69, 9.17) is 14.5 Å². The Morgan fingerprint density at radius 3 is 2.55 bits per heavy atom. The maximum absolute atomic E-state index is 13.4. The number of ether oxygens (including phenoxy) is 2. The summed E-state index contributed by atoms with van der Waals surface area (Å²) in [5.74, 6) is 2.36. The zero-order valence-corrected chi connectivity index (χ0v) is 26.3. The van der Waals surface area contributed by atoms with Crippen molar-refractivity contribution in [2.75, 3.05) is 58.9 Å². The summed E-state index contributed by atoms with van der Waals surface area (Å²) in [7, 11) is 3.36.